The Labute approximate surface area is 150 Å². The Morgan fingerprint density at radius 1 is 1.20 bits per heavy atom. The second-order valence-corrected chi connectivity index (χ2v) is 9.06. The van der Waals surface area contributed by atoms with E-state index in [9.17, 15) is 9.59 Å². The van der Waals surface area contributed by atoms with Crippen molar-refractivity contribution in [2.45, 2.75) is 71.8 Å². The van der Waals surface area contributed by atoms with Gasteiger partial charge in [-0.3, -0.25) is 9.59 Å². The molecule has 136 valence electrons. The average molecular weight is 342 g/mol. The molecule has 0 radical (unpaired) electrons. The number of rotatable bonds is 2. The summed E-state index contributed by atoms with van der Waals surface area (Å²) in [6, 6.07) is 0. The zero-order valence-corrected chi connectivity index (χ0v) is 15.7. The summed E-state index contributed by atoms with van der Waals surface area (Å²) >= 11 is 0. The minimum absolute atomic E-state index is 0.0519. The van der Waals surface area contributed by atoms with Crippen LogP contribution in [0.4, 0.5) is 0 Å². The fourth-order valence-corrected chi connectivity index (χ4v) is 6.59. The van der Waals surface area contributed by atoms with Crippen molar-refractivity contribution in [2.24, 2.45) is 28.6 Å². The molecule has 0 saturated heterocycles. The number of allylic oxidation sites excluding steroid dienone is 4. The Morgan fingerprint density at radius 3 is 2.76 bits per heavy atom. The van der Waals surface area contributed by atoms with E-state index in [0.717, 1.165) is 19.3 Å². The molecule has 6 atom stereocenters. The van der Waals surface area contributed by atoms with Crippen molar-refractivity contribution in [3.8, 4) is 0 Å². The van der Waals surface area contributed by atoms with Crippen LogP contribution < -0.4 is 0 Å². The summed E-state index contributed by atoms with van der Waals surface area (Å²) < 4.78 is 5.85. The van der Waals surface area contributed by atoms with Gasteiger partial charge in [0.05, 0.1) is 0 Å². The van der Waals surface area contributed by atoms with Crippen molar-refractivity contribution in [1.29, 1.82) is 0 Å². The van der Waals surface area contributed by atoms with Crippen LogP contribution in [-0.4, -0.2) is 17.9 Å². The molecule has 3 saturated carbocycles. The second-order valence-electron chi connectivity index (χ2n) is 9.06. The van der Waals surface area contributed by atoms with Crippen LogP contribution in [0.15, 0.2) is 23.8 Å². The largest absolute Gasteiger partial charge is 0.462 e. The van der Waals surface area contributed by atoms with E-state index in [1.54, 1.807) is 6.08 Å². The molecule has 0 spiro atoms. The molecule has 0 aliphatic heterocycles. The van der Waals surface area contributed by atoms with Gasteiger partial charge in [-0.1, -0.05) is 32.4 Å². The van der Waals surface area contributed by atoms with Crippen LogP contribution in [0.25, 0.3) is 0 Å². The fourth-order valence-electron chi connectivity index (χ4n) is 6.59. The predicted molar refractivity (Wildman–Crippen MR) is 96.8 cm³/mol. The van der Waals surface area contributed by atoms with Gasteiger partial charge in [0.1, 0.15) is 6.10 Å². The van der Waals surface area contributed by atoms with E-state index in [4.69, 9.17) is 4.74 Å². The van der Waals surface area contributed by atoms with Crippen molar-refractivity contribution < 1.29 is 14.3 Å². The lowest BCUT2D eigenvalue weighted by atomic mass is 9.48. The highest BCUT2D eigenvalue weighted by Gasteiger charge is 2.59. The molecule has 0 N–H and O–H groups in total. The molecule has 4 rings (SSSR count). The number of esters is 1. The Hall–Kier alpha value is -1.38. The zero-order chi connectivity index (χ0) is 17.8. The molecule has 0 aromatic rings. The molecule has 0 heterocycles. The van der Waals surface area contributed by atoms with Crippen molar-refractivity contribution >= 4 is 11.8 Å². The molecule has 3 fully saturated rings. The van der Waals surface area contributed by atoms with E-state index in [2.05, 4.69) is 19.9 Å². The minimum atomic E-state index is -0.0523. The van der Waals surface area contributed by atoms with E-state index in [-0.39, 0.29) is 28.7 Å². The Kier molecular flexibility index (Phi) is 3.97. The van der Waals surface area contributed by atoms with Gasteiger partial charge in [0.15, 0.2) is 5.78 Å². The van der Waals surface area contributed by atoms with Gasteiger partial charge in [-0.15, -0.1) is 0 Å². The molecule has 0 aromatic heterocycles. The van der Waals surface area contributed by atoms with Crippen LogP contribution in [0.5, 0.6) is 0 Å². The van der Waals surface area contributed by atoms with Gasteiger partial charge in [0.2, 0.25) is 0 Å². The van der Waals surface area contributed by atoms with E-state index in [0.29, 0.717) is 24.2 Å². The number of hydrogen-bond donors (Lipinski definition) is 0. The lowest BCUT2D eigenvalue weighted by molar-refractivity contribution is -0.158. The summed E-state index contributed by atoms with van der Waals surface area (Å²) in [4.78, 5) is 23.7. The van der Waals surface area contributed by atoms with E-state index < -0.39 is 0 Å². The summed E-state index contributed by atoms with van der Waals surface area (Å²) in [7, 11) is 0. The van der Waals surface area contributed by atoms with Crippen LogP contribution in [0.3, 0.4) is 0 Å². The summed E-state index contributed by atoms with van der Waals surface area (Å²) in [6.45, 7) is 6.58. The molecule has 3 nitrogen and oxygen atoms in total. The van der Waals surface area contributed by atoms with Gasteiger partial charge in [-0.05, 0) is 68.4 Å². The highest BCUT2D eigenvalue weighted by molar-refractivity contribution is 6.01. The van der Waals surface area contributed by atoms with Crippen molar-refractivity contribution in [1.82, 2.24) is 0 Å². The van der Waals surface area contributed by atoms with Crippen molar-refractivity contribution in [2.75, 3.05) is 0 Å². The molecule has 0 amide bonds. The molecule has 4 aliphatic carbocycles. The van der Waals surface area contributed by atoms with Crippen LogP contribution in [0.2, 0.25) is 0 Å². The van der Waals surface area contributed by atoms with E-state index in [1.165, 1.54) is 24.8 Å². The van der Waals surface area contributed by atoms with E-state index >= 15 is 0 Å². The lowest BCUT2D eigenvalue weighted by Crippen LogP contribution is -2.51. The fraction of sp³-hybridized carbons (Fsp3) is 0.727. The van der Waals surface area contributed by atoms with Crippen LogP contribution in [-0.2, 0) is 14.3 Å². The van der Waals surface area contributed by atoms with Gasteiger partial charge in [-0.25, -0.2) is 0 Å². The number of ketones is 1. The molecule has 3 heteroatoms. The highest BCUT2D eigenvalue weighted by Crippen LogP contribution is 2.64. The predicted octanol–water partition coefficient (Wildman–Crippen LogP) is 4.62. The van der Waals surface area contributed by atoms with E-state index in [1.807, 2.05) is 13.0 Å². The Morgan fingerprint density at radius 2 is 2.00 bits per heavy atom. The quantitative estimate of drug-likeness (QED) is 0.688. The molecule has 4 aliphatic rings. The number of carbonyl (C=O) groups excluding carboxylic acids is 2. The minimum Gasteiger partial charge on any atom is -0.462 e. The van der Waals surface area contributed by atoms with Crippen LogP contribution in [0, 0.1) is 28.6 Å². The first-order chi connectivity index (χ1) is 11.9. The number of carbonyl (C=O) groups is 2. The SMILES string of the molecule is CCC(=O)O[C@H]1CC[C@H]2[C@@H]3CCC4=CC(=O)C=C[C@]4(C)[C@H]3CC[C@]12C. The van der Waals surface area contributed by atoms with Gasteiger partial charge >= 0.3 is 5.97 Å². The third-order valence-corrected chi connectivity index (χ3v) is 8.03. The number of fused-ring (bicyclic) bond motifs is 5. The zero-order valence-electron chi connectivity index (χ0n) is 15.7. The monoisotopic (exact) mass is 342 g/mol. The first-order valence-corrected chi connectivity index (χ1v) is 10.0. The Balaban J connectivity index is 1.60. The maximum absolute atomic E-state index is 11.9. The standard InChI is InChI=1S/C22H30O3/c1-4-20(24)25-19-8-7-17-16-6-5-14-13-15(23)9-11-21(14,2)18(16)10-12-22(17,19)3/h9,11,13,16-19H,4-8,10,12H2,1-3H3/t16-,17-,18-,19-,21-,22-/m0/s1. The smallest absolute Gasteiger partial charge is 0.305 e. The lowest BCUT2D eigenvalue weighted by Gasteiger charge is -2.56. The third-order valence-electron chi connectivity index (χ3n) is 8.03. The van der Waals surface area contributed by atoms with Gasteiger partial charge in [-0.2, -0.15) is 0 Å². The summed E-state index contributed by atoms with van der Waals surface area (Å²) in [5.74, 6) is 2.05. The van der Waals surface area contributed by atoms with Gasteiger partial charge in [0.25, 0.3) is 0 Å². The normalized spacial score (nSPS) is 45.2. The maximum Gasteiger partial charge on any atom is 0.305 e. The second kappa shape index (κ2) is 5.82. The molecular weight excluding hydrogens is 312 g/mol. The van der Waals surface area contributed by atoms with Crippen molar-refractivity contribution in [3.63, 3.8) is 0 Å². The molecule has 25 heavy (non-hydrogen) atoms. The first kappa shape index (κ1) is 17.1. The maximum atomic E-state index is 11.9. The highest BCUT2D eigenvalue weighted by atomic mass is 16.5. The van der Waals surface area contributed by atoms with Crippen LogP contribution in [0.1, 0.15) is 65.7 Å². The molecule has 0 bridgehead atoms. The molecule has 0 unspecified atom stereocenters. The number of hydrogen-bond acceptors (Lipinski definition) is 3. The summed E-state index contributed by atoms with van der Waals surface area (Å²) in [6.07, 6.45) is 13.1. The molecule has 0 aromatic carbocycles. The average Bonchev–Trinajstić information content (AvgIpc) is 2.92. The van der Waals surface area contributed by atoms with Gasteiger partial charge in [0, 0.05) is 17.3 Å². The topological polar surface area (TPSA) is 43.4 Å². The Bertz CT molecular complexity index is 660. The van der Waals surface area contributed by atoms with Crippen molar-refractivity contribution in [3.05, 3.63) is 23.8 Å². The molecular formula is C22H30O3. The summed E-state index contributed by atoms with van der Waals surface area (Å²) in [5, 5.41) is 0. The first-order valence-electron chi connectivity index (χ1n) is 10.0. The third kappa shape index (κ3) is 2.45. The number of ether oxygens (including phenoxy) is 1. The van der Waals surface area contributed by atoms with Crippen LogP contribution >= 0.6 is 0 Å². The van der Waals surface area contributed by atoms with Gasteiger partial charge < -0.3 is 4.74 Å². The summed E-state index contributed by atoms with van der Waals surface area (Å²) in [5.41, 5.74) is 1.53.